The molecule has 4 nitrogen and oxygen atoms in total. The highest BCUT2D eigenvalue weighted by Gasteiger charge is 2.31. The summed E-state index contributed by atoms with van der Waals surface area (Å²) in [7, 11) is 0. The van der Waals surface area contributed by atoms with E-state index in [2.05, 4.69) is 36.7 Å². The van der Waals surface area contributed by atoms with E-state index in [-0.39, 0.29) is 11.9 Å². The SMILES string of the molecule is CCCNCC(=O)N1CCc2sccc2C1COc1cccc(C)c1. The second-order valence-corrected chi connectivity index (χ2v) is 7.46. The topological polar surface area (TPSA) is 41.6 Å². The van der Waals surface area contributed by atoms with E-state index in [0.717, 1.165) is 31.7 Å². The first-order valence-corrected chi connectivity index (χ1v) is 9.83. The zero-order chi connectivity index (χ0) is 17.6. The van der Waals surface area contributed by atoms with Crippen LogP contribution in [0, 0.1) is 6.92 Å². The van der Waals surface area contributed by atoms with Crippen LogP contribution in [-0.2, 0) is 11.2 Å². The third-order valence-electron chi connectivity index (χ3n) is 4.52. The Bertz CT molecular complexity index is 713. The second-order valence-electron chi connectivity index (χ2n) is 6.46. The van der Waals surface area contributed by atoms with Gasteiger partial charge in [0.2, 0.25) is 5.91 Å². The molecule has 1 aliphatic heterocycles. The van der Waals surface area contributed by atoms with Crippen molar-refractivity contribution in [1.29, 1.82) is 0 Å². The number of benzene rings is 1. The van der Waals surface area contributed by atoms with Crippen LogP contribution in [0.15, 0.2) is 35.7 Å². The molecule has 25 heavy (non-hydrogen) atoms. The van der Waals surface area contributed by atoms with Gasteiger partial charge in [-0.05, 0) is 61.0 Å². The minimum atomic E-state index is -0.00793. The third-order valence-corrected chi connectivity index (χ3v) is 5.51. The molecular formula is C20H26N2O2S. The molecule has 134 valence electrons. The lowest BCUT2D eigenvalue weighted by molar-refractivity contribution is -0.133. The Morgan fingerprint density at radius 3 is 3.08 bits per heavy atom. The molecule has 0 spiro atoms. The molecule has 1 aromatic heterocycles. The molecule has 1 unspecified atom stereocenters. The molecule has 1 N–H and O–H groups in total. The standard InChI is InChI=1S/C20H26N2O2S/c1-3-9-21-13-20(23)22-10-7-19-17(8-11-25-19)18(22)14-24-16-6-4-5-15(2)12-16/h4-6,8,11-12,18,21H,3,7,9-10,13-14H2,1-2H3. The van der Waals surface area contributed by atoms with Crippen LogP contribution in [0.4, 0.5) is 0 Å². The highest BCUT2D eigenvalue weighted by Crippen LogP contribution is 2.33. The van der Waals surface area contributed by atoms with Crippen molar-refractivity contribution in [2.24, 2.45) is 0 Å². The van der Waals surface area contributed by atoms with Crippen LogP contribution >= 0.6 is 11.3 Å². The summed E-state index contributed by atoms with van der Waals surface area (Å²) in [5, 5.41) is 5.34. The predicted molar refractivity (Wildman–Crippen MR) is 102 cm³/mol. The van der Waals surface area contributed by atoms with Gasteiger partial charge in [0.15, 0.2) is 0 Å². The van der Waals surface area contributed by atoms with E-state index in [1.807, 2.05) is 23.1 Å². The first-order chi connectivity index (χ1) is 12.2. The van der Waals surface area contributed by atoms with Crippen molar-refractivity contribution in [2.75, 3.05) is 26.2 Å². The molecule has 0 saturated carbocycles. The third kappa shape index (κ3) is 4.41. The molecule has 3 rings (SSSR count). The molecule has 1 amide bonds. The molecule has 1 aromatic carbocycles. The number of carbonyl (C=O) groups is 1. The number of thiophene rings is 1. The molecule has 0 saturated heterocycles. The lowest BCUT2D eigenvalue weighted by Crippen LogP contribution is -2.45. The van der Waals surface area contributed by atoms with Gasteiger partial charge in [0.1, 0.15) is 12.4 Å². The van der Waals surface area contributed by atoms with E-state index in [1.54, 1.807) is 11.3 Å². The fraction of sp³-hybridized carbons (Fsp3) is 0.450. The van der Waals surface area contributed by atoms with Crippen LogP contribution in [0.1, 0.15) is 35.4 Å². The van der Waals surface area contributed by atoms with Gasteiger partial charge in [0, 0.05) is 11.4 Å². The molecular weight excluding hydrogens is 332 g/mol. The van der Waals surface area contributed by atoms with Gasteiger partial charge in [-0.2, -0.15) is 0 Å². The Labute approximate surface area is 153 Å². The maximum absolute atomic E-state index is 12.7. The van der Waals surface area contributed by atoms with Gasteiger partial charge in [-0.25, -0.2) is 0 Å². The number of amides is 1. The predicted octanol–water partition coefficient (Wildman–Crippen LogP) is 3.56. The summed E-state index contributed by atoms with van der Waals surface area (Å²) in [5.74, 6) is 1.02. The van der Waals surface area contributed by atoms with Crippen LogP contribution in [0.2, 0.25) is 0 Å². The smallest absolute Gasteiger partial charge is 0.237 e. The van der Waals surface area contributed by atoms with E-state index < -0.39 is 0 Å². The van der Waals surface area contributed by atoms with Gasteiger partial charge >= 0.3 is 0 Å². The van der Waals surface area contributed by atoms with Gasteiger partial charge in [0.05, 0.1) is 12.6 Å². The van der Waals surface area contributed by atoms with Crippen LogP contribution in [0.3, 0.4) is 0 Å². The number of carbonyl (C=O) groups excluding carboxylic acids is 1. The highest BCUT2D eigenvalue weighted by atomic mass is 32.1. The molecule has 1 aliphatic rings. The zero-order valence-electron chi connectivity index (χ0n) is 15.0. The molecule has 2 aromatic rings. The van der Waals surface area contributed by atoms with Crippen molar-refractivity contribution in [2.45, 2.75) is 32.7 Å². The molecule has 5 heteroatoms. The van der Waals surface area contributed by atoms with Crippen molar-refractivity contribution in [3.63, 3.8) is 0 Å². The molecule has 0 fully saturated rings. The fourth-order valence-electron chi connectivity index (χ4n) is 3.23. The Morgan fingerprint density at radius 1 is 1.40 bits per heavy atom. The number of rotatable bonds is 7. The number of hydrogen-bond donors (Lipinski definition) is 1. The number of nitrogens with zero attached hydrogens (tertiary/aromatic N) is 1. The Kier molecular flexibility index (Phi) is 6.10. The minimum Gasteiger partial charge on any atom is -0.491 e. The summed E-state index contributed by atoms with van der Waals surface area (Å²) >= 11 is 1.78. The van der Waals surface area contributed by atoms with Crippen molar-refractivity contribution in [1.82, 2.24) is 10.2 Å². The second kappa shape index (κ2) is 8.50. The molecule has 0 radical (unpaired) electrons. The summed E-state index contributed by atoms with van der Waals surface area (Å²) in [6.07, 6.45) is 1.97. The number of ether oxygens (including phenoxy) is 1. The van der Waals surface area contributed by atoms with Crippen molar-refractivity contribution < 1.29 is 9.53 Å². The number of nitrogens with one attached hydrogen (secondary N) is 1. The first-order valence-electron chi connectivity index (χ1n) is 8.95. The average molecular weight is 359 g/mol. The lowest BCUT2D eigenvalue weighted by Gasteiger charge is -2.36. The largest absolute Gasteiger partial charge is 0.491 e. The first kappa shape index (κ1) is 18.0. The Balaban J connectivity index is 1.72. The van der Waals surface area contributed by atoms with E-state index in [0.29, 0.717) is 13.2 Å². The summed E-state index contributed by atoms with van der Waals surface area (Å²) < 4.78 is 6.05. The molecule has 0 bridgehead atoms. The van der Waals surface area contributed by atoms with Gasteiger partial charge < -0.3 is 15.0 Å². The Morgan fingerprint density at radius 2 is 2.28 bits per heavy atom. The van der Waals surface area contributed by atoms with Crippen LogP contribution < -0.4 is 10.1 Å². The van der Waals surface area contributed by atoms with Gasteiger partial charge in [-0.1, -0.05) is 19.1 Å². The van der Waals surface area contributed by atoms with Crippen molar-refractivity contribution >= 4 is 17.2 Å². The maximum Gasteiger partial charge on any atom is 0.237 e. The highest BCUT2D eigenvalue weighted by molar-refractivity contribution is 7.10. The Hall–Kier alpha value is -1.85. The van der Waals surface area contributed by atoms with E-state index in [4.69, 9.17) is 4.74 Å². The summed E-state index contributed by atoms with van der Waals surface area (Å²) in [5.41, 5.74) is 2.42. The van der Waals surface area contributed by atoms with E-state index in [9.17, 15) is 4.79 Å². The zero-order valence-corrected chi connectivity index (χ0v) is 15.8. The van der Waals surface area contributed by atoms with Gasteiger partial charge in [-0.15, -0.1) is 11.3 Å². The molecule has 1 atom stereocenters. The number of hydrogen-bond acceptors (Lipinski definition) is 4. The van der Waals surface area contributed by atoms with E-state index >= 15 is 0 Å². The van der Waals surface area contributed by atoms with Gasteiger partial charge in [-0.3, -0.25) is 4.79 Å². The van der Waals surface area contributed by atoms with Crippen molar-refractivity contribution in [3.8, 4) is 5.75 Å². The van der Waals surface area contributed by atoms with Crippen LogP contribution in [-0.4, -0.2) is 37.0 Å². The lowest BCUT2D eigenvalue weighted by atomic mass is 10.0. The maximum atomic E-state index is 12.7. The van der Waals surface area contributed by atoms with E-state index in [1.165, 1.54) is 16.0 Å². The monoisotopic (exact) mass is 358 g/mol. The quantitative estimate of drug-likeness (QED) is 0.770. The number of fused-ring (bicyclic) bond motifs is 1. The van der Waals surface area contributed by atoms with Crippen LogP contribution in [0.5, 0.6) is 5.75 Å². The minimum absolute atomic E-state index is 0.00793. The normalized spacial score (nSPS) is 16.6. The molecule has 0 aliphatic carbocycles. The van der Waals surface area contributed by atoms with Crippen molar-refractivity contribution in [3.05, 3.63) is 51.7 Å². The number of aryl methyl sites for hydroxylation is 1. The summed E-state index contributed by atoms with van der Waals surface area (Å²) in [6, 6.07) is 10.2. The van der Waals surface area contributed by atoms with Crippen LogP contribution in [0.25, 0.3) is 0 Å². The van der Waals surface area contributed by atoms with Gasteiger partial charge in [0.25, 0.3) is 0 Å². The summed E-state index contributed by atoms with van der Waals surface area (Å²) in [6.45, 7) is 6.69. The average Bonchev–Trinajstić information content (AvgIpc) is 3.08. The molecule has 2 heterocycles. The fourth-order valence-corrected chi connectivity index (χ4v) is 4.16. The summed E-state index contributed by atoms with van der Waals surface area (Å²) in [4.78, 5) is 16.0.